The van der Waals surface area contributed by atoms with Crippen LogP contribution < -0.4 is 21.1 Å². The predicted octanol–water partition coefficient (Wildman–Crippen LogP) is 2.15. The van der Waals surface area contributed by atoms with Crippen molar-refractivity contribution >= 4 is 46.4 Å². The molecule has 3 rings (SSSR count). The van der Waals surface area contributed by atoms with Crippen molar-refractivity contribution in [1.29, 1.82) is 0 Å². The molecule has 8 heteroatoms. The number of aromatic nitrogens is 1. The Morgan fingerprint density at radius 1 is 1.25 bits per heavy atom. The number of amides is 1. The van der Waals surface area contributed by atoms with Crippen LogP contribution in [0.4, 0.5) is 0 Å². The Morgan fingerprint density at radius 2 is 1.92 bits per heavy atom. The van der Waals surface area contributed by atoms with Crippen molar-refractivity contribution in [3.63, 3.8) is 0 Å². The minimum Gasteiger partial charge on any atom is -0.497 e. The normalized spacial score (nSPS) is 13.6. The third-order valence-electron chi connectivity index (χ3n) is 3.71. The van der Waals surface area contributed by atoms with Crippen molar-refractivity contribution in [1.82, 2.24) is 4.98 Å². The molecule has 0 saturated carbocycles. The van der Waals surface area contributed by atoms with Gasteiger partial charge >= 0.3 is 0 Å². The second kappa shape index (κ2) is 5.98. The van der Waals surface area contributed by atoms with E-state index in [9.17, 15) is 14.3 Å². The number of primary amides is 1. The van der Waals surface area contributed by atoms with Gasteiger partial charge in [-0.3, -0.25) is 9.36 Å². The molecular weight excluding hydrogens is 351 g/mol. The molecule has 6 nitrogen and oxygen atoms in total. The first kappa shape index (κ1) is 16.6. The van der Waals surface area contributed by atoms with E-state index in [4.69, 9.17) is 22.1 Å². The van der Waals surface area contributed by atoms with E-state index in [-0.39, 0.29) is 16.3 Å². The first-order chi connectivity index (χ1) is 11.3. The van der Waals surface area contributed by atoms with Crippen LogP contribution in [-0.4, -0.2) is 22.9 Å². The van der Waals surface area contributed by atoms with E-state index in [2.05, 4.69) is 4.98 Å². The lowest BCUT2D eigenvalue weighted by molar-refractivity contribution is 0.0997. The van der Waals surface area contributed by atoms with Gasteiger partial charge in [0.25, 0.3) is 13.3 Å². The minimum atomic E-state index is -4.08. The standard InChI is InChI=1S/C16H14ClN2O4P/c1-23-10-3-5-11(6-4-10)24(21,22)15-12-8-9(17)2-7-13(12)19-14(15)16(18)20/h2-8,19H,1H3,(H2,18,20)(H,21,22). The molecule has 1 atom stereocenters. The van der Waals surface area contributed by atoms with Gasteiger partial charge in [0.2, 0.25) is 0 Å². The van der Waals surface area contributed by atoms with Crippen LogP contribution in [0.5, 0.6) is 5.75 Å². The number of fused-ring (bicyclic) bond motifs is 1. The quantitative estimate of drug-likeness (QED) is 0.617. The number of hydrogen-bond acceptors (Lipinski definition) is 3. The molecule has 0 aliphatic heterocycles. The van der Waals surface area contributed by atoms with Crippen LogP contribution in [0.15, 0.2) is 42.5 Å². The van der Waals surface area contributed by atoms with Crippen molar-refractivity contribution < 1.29 is 19.0 Å². The number of hydrogen-bond donors (Lipinski definition) is 3. The van der Waals surface area contributed by atoms with Crippen molar-refractivity contribution in [2.45, 2.75) is 0 Å². The fourth-order valence-electron chi connectivity index (χ4n) is 2.56. The van der Waals surface area contributed by atoms with Gasteiger partial charge in [0.15, 0.2) is 0 Å². The Kier molecular flexibility index (Phi) is 4.13. The van der Waals surface area contributed by atoms with Gasteiger partial charge in [-0.1, -0.05) is 11.6 Å². The van der Waals surface area contributed by atoms with E-state index < -0.39 is 13.3 Å². The molecule has 0 aliphatic rings. The lowest BCUT2D eigenvalue weighted by Crippen LogP contribution is -2.24. The molecule has 0 spiro atoms. The summed E-state index contributed by atoms with van der Waals surface area (Å²) >= 11 is 6.00. The summed E-state index contributed by atoms with van der Waals surface area (Å²) < 4.78 is 18.2. The van der Waals surface area contributed by atoms with E-state index >= 15 is 0 Å². The number of H-pyrrole nitrogens is 1. The Morgan fingerprint density at radius 3 is 2.50 bits per heavy atom. The Bertz CT molecular complexity index is 982. The lowest BCUT2D eigenvalue weighted by atomic mass is 10.2. The number of carbonyl (C=O) groups excluding carboxylic acids is 1. The maximum Gasteiger partial charge on any atom is 0.266 e. The summed E-state index contributed by atoms with van der Waals surface area (Å²) in [6, 6.07) is 10.9. The van der Waals surface area contributed by atoms with E-state index in [1.54, 1.807) is 24.3 Å². The SMILES string of the molecule is COc1ccc(P(=O)(O)c2c(C(N)=O)[nH]c3ccc(Cl)cc23)cc1. The van der Waals surface area contributed by atoms with Gasteiger partial charge < -0.3 is 20.3 Å². The van der Waals surface area contributed by atoms with Gasteiger partial charge in [0.1, 0.15) is 11.4 Å². The lowest BCUT2D eigenvalue weighted by Gasteiger charge is -2.13. The van der Waals surface area contributed by atoms with Gasteiger partial charge in [-0.05, 0) is 42.5 Å². The predicted molar refractivity (Wildman–Crippen MR) is 93.9 cm³/mol. The minimum absolute atomic E-state index is 0.0438. The van der Waals surface area contributed by atoms with Gasteiger partial charge in [-0.15, -0.1) is 0 Å². The van der Waals surface area contributed by atoms with Crippen molar-refractivity contribution in [2.24, 2.45) is 5.73 Å². The molecule has 4 N–H and O–H groups in total. The average Bonchev–Trinajstić information content (AvgIpc) is 2.94. The number of methoxy groups -OCH3 is 1. The smallest absolute Gasteiger partial charge is 0.266 e. The van der Waals surface area contributed by atoms with Crippen molar-refractivity contribution in [3.8, 4) is 5.75 Å². The molecule has 1 amide bonds. The summed E-state index contributed by atoms with van der Waals surface area (Å²) in [6.45, 7) is 0. The molecule has 24 heavy (non-hydrogen) atoms. The van der Waals surface area contributed by atoms with Crippen LogP contribution in [0.25, 0.3) is 10.9 Å². The Labute approximate surface area is 142 Å². The largest absolute Gasteiger partial charge is 0.497 e. The number of ether oxygens (including phenoxy) is 1. The first-order valence-electron chi connectivity index (χ1n) is 6.93. The van der Waals surface area contributed by atoms with Crippen LogP contribution in [0.2, 0.25) is 5.02 Å². The molecule has 1 aromatic heterocycles. The Hall–Kier alpha value is -2.27. The number of rotatable bonds is 4. The highest BCUT2D eigenvalue weighted by Gasteiger charge is 2.33. The zero-order chi connectivity index (χ0) is 17.5. The van der Waals surface area contributed by atoms with E-state index in [1.165, 1.54) is 25.3 Å². The number of nitrogens with two attached hydrogens (primary N) is 1. The van der Waals surface area contributed by atoms with Crippen LogP contribution in [0.1, 0.15) is 10.5 Å². The fraction of sp³-hybridized carbons (Fsp3) is 0.0625. The molecule has 0 radical (unpaired) electrons. The third-order valence-corrected chi connectivity index (χ3v) is 6.01. The molecule has 1 unspecified atom stereocenters. The fourth-order valence-corrected chi connectivity index (χ4v) is 4.52. The van der Waals surface area contributed by atoms with Gasteiger partial charge in [0, 0.05) is 21.2 Å². The molecule has 0 bridgehead atoms. The number of nitrogens with one attached hydrogen (secondary N) is 1. The van der Waals surface area contributed by atoms with Crippen LogP contribution >= 0.6 is 19.0 Å². The Balaban J connectivity index is 2.29. The zero-order valence-corrected chi connectivity index (χ0v) is 14.3. The second-order valence-electron chi connectivity index (χ2n) is 5.18. The van der Waals surface area contributed by atoms with Crippen molar-refractivity contribution in [2.75, 3.05) is 7.11 Å². The summed E-state index contributed by atoms with van der Waals surface area (Å²) in [4.78, 5) is 25.3. The van der Waals surface area contributed by atoms with Crippen LogP contribution in [0, 0.1) is 0 Å². The highest BCUT2D eigenvalue weighted by molar-refractivity contribution is 7.74. The van der Waals surface area contributed by atoms with E-state index in [0.29, 0.717) is 21.7 Å². The highest BCUT2D eigenvalue weighted by Crippen LogP contribution is 2.42. The summed E-state index contributed by atoms with van der Waals surface area (Å²) in [5, 5.41) is 0.885. The average molecular weight is 365 g/mol. The molecule has 3 aromatic rings. The zero-order valence-electron chi connectivity index (χ0n) is 12.6. The molecule has 124 valence electrons. The monoisotopic (exact) mass is 364 g/mol. The summed E-state index contributed by atoms with van der Waals surface area (Å²) in [6.07, 6.45) is 0. The number of carbonyl (C=O) groups is 1. The van der Waals surface area contributed by atoms with Gasteiger partial charge in [-0.2, -0.15) is 0 Å². The topological polar surface area (TPSA) is 105 Å². The molecule has 1 heterocycles. The molecular formula is C16H14ClN2O4P. The molecule has 2 aromatic carbocycles. The van der Waals surface area contributed by atoms with E-state index in [0.717, 1.165) is 0 Å². The number of aromatic amines is 1. The highest BCUT2D eigenvalue weighted by atomic mass is 35.5. The van der Waals surface area contributed by atoms with Crippen LogP contribution in [0.3, 0.4) is 0 Å². The second-order valence-corrected chi connectivity index (χ2v) is 7.73. The van der Waals surface area contributed by atoms with E-state index in [1.807, 2.05) is 0 Å². The third kappa shape index (κ3) is 2.69. The van der Waals surface area contributed by atoms with Gasteiger partial charge in [0.05, 0.1) is 12.4 Å². The van der Waals surface area contributed by atoms with Crippen LogP contribution in [-0.2, 0) is 4.57 Å². The summed E-state index contributed by atoms with van der Waals surface area (Å²) in [5.41, 5.74) is 5.78. The van der Waals surface area contributed by atoms with Gasteiger partial charge in [-0.25, -0.2) is 0 Å². The number of benzene rings is 2. The van der Waals surface area contributed by atoms with Crippen molar-refractivity contribution in [3.05, 3.63) is 53.2 Å². The maximum atomic E-state index is 13.2. The molecule has 0 fully saturated rings. The summed E-state index contributed by atoms with van der Waals surface area (Å²) in [5.74, 6) is -0.268. The first-order valence-corrected chi connectivity index (χ1v) is 8.97. The molecule has 0 saturated heterocycles. The molecule has 0 aliphatic carbocycles. The maximum absolute atomic E-state index is 13.2. The summed E-state index contributed by atoms with van der Waals surface area (Å²) in [7, 11) is -2.58. The number of halogens is 1.